The van der Waals surface area contributed by atoms with Crippen LogP contribution < -0.4 is 0 Å². The van der Waals surface area contributed by atoms with E-state index in [0.29, 0.717) is 13.1 Å². The van der Waals surface area contributed by atoms with Crippen molar-refractivity contribution >= 4 is 6.09 Å². The highest BCUT2D eigenvalue weighted by molar-refractivity contribution is 5.67. The van der Waals surface area contributed by atoms with Crippen molar-refractivity contribution in [2.45, 2.75) is 33.0 Å². The van der Waals surface area contributed by atoms with Gasteiger partial charge < -0.3 is 9.30 Å². The van der Waals surface area contributed by atoms with Gasteiger partial charge in [-0.2, -0.15) is 0 Å². The number of nitrogens with zero attached hydrogens (tertiary/aromatic N) is 4. The van der Waals surface area contributed by atoms with Crippen molar-refractivity contribution in [1.29, 1.82) is 0 Å². The van der Waals surface area contributed by atoms with E-state index in [9.17, 15) is 4.79 Å². The fourth-order valence-corrected chi connectivity index (χ4v) is 1.50. The van der Waals surface area contributed by atoms with Gasteiger partial charge in [-0.25, -0.2) is 4.79 Å². The zero-order valence-electron chi connectivity index (χ0n) is 8.88. The summed E-state index contributed by atoms with van der Waals surface area (Å²) in [6.45, 7) is 5.53. The zero-order chi connectivity index (χ0) is 10.8. The molecule has 0 unspecified atom stereocenters. The second-order valence-corrected chi connectivity index (χ2v) is 3.79. The molecule has 0 radical (unpaired) electrons. The van der Waals surface area contributed by atoms with E-state index in [2.05, 4.69) is 10.2 Å². The van der Waals surface area contributed by atoms with Crippen LogP contribution in [0, 0.1) is 0 Å². The van der Waals surface area contributed by atoms with Gasteiger partial charge in [-0.1, -0.05) is 0 Å². The maximum atomic E-state index is 11.6. The van der Waals surface area contributed by atoms with Gasteiger partial charge in [-0.3, -0.25) is 4.90 Å². The Morgan fingerprint density at radius 2 is 2.33 bits per heavy atom. The first kappa shape index (κ1) is 9.95. The summed E-state index contributed by atoms with van der Waals surface area (Å²) in [6, 6.07) is 0. The minimum absolute atomic E-state index is 0.0858. The summed E-state index contributed by atoms with van der Waals surface area (Å²) in [6.07, 6.45) is 1.32. The molecule has 6 heteroatoms. The zero-order valence-corrected chi connectivity index (χ0v) is 8.88. The standard InChI is InChI=1S/C9H14N4O2/c1-7(2)15-9(14)12-3-4-13-6-10-11-8(13)5-12/h6-7H,3-5H2,1-2H3. The predicted molar refractivity (Wildman–Crippen MR) is 52.0 cm³/mol. The molecule has 0 spiro atoms. The van der Waals surface area contributed by atoms with Crippen LogP contribution in [0.3, 0.4) is 0 Å². The van der Waals surface area contributed by atoms with E-state index < -0.39 is 0 Å². The Balaban J connectivity index is 2.00. The van der Waals surface area contributed by atoms with E-state index in [1.54, 1.807) is 11.2 Å². The Labute approximate surface area is 87.8 Å². The first-order chi connectivity index (χ1) is 7.16. The van der Waals surface area contributed by atoms with Gasteiger partial charge in [0, 0.05) is 13.1 Å². The van der Waals surface area contributed by atoms with Gasteiger partial charge in [-0.15, -0.1) is 10.2 Å². The van der Waals surface area contributed by atoms with Crippen molar-refractivity contribution < 1.29 is 9.53 Å². The van der Waals surface area contributed by atoms with E-state index in [4.69, 9.17) is 4.74 Å². The van der Waals surface area contributed by atoms with Crippen LogP contribution in [0.15, 0.2) is 6.33 Å². The fourth-order valence-electron chi connectivity index (χ4n) is 1.50. The van der Waals surface area contributed by atoms with E-state index in [-0.39, 0.29) is 12.2 Å². The lowest BCUT2D eigenvalue weighted by Crippen LogP contribution is -2.39. The molecule has 0 saturated heterocycles. The Bertz CT molecular complexity index is 361. The highest BCUT2D eigenvalue weighted by Gasteiger charge is 2.23. The van der Waals surface area contributed by atoms with Gasteiger partial charge >= 0.3 is 6.09 Å². The molecule has 82 valence electrons. The smallest absolute Gasteiger partial charge is 0.410 e. The van der Waals surface area contributed by atoms with Crippen LogP contribution >= 0.6 is 0 Å². The van der Waals surface area contributed by atoms with E-state index in [1.807, 2.05) is 18.4 Å². The third-order valence-electron chi connectivity index (χ3n) is 2.23. The van der Waals surface area contributed by atoms with Gasteiger partial charge in [0.15, 0.2) is 5.82 Å². The van der Waals surface area contributed by atoms with Crippen molar-refractivity contribution in [3.05, 3.63) is 12.2 Å². The molecule has 0 aromatic carbocycles. The number of rotatable bonds is 1. The van der Waals surface area contributed by atoms with Crippen LogP contribution in [-0.2, 0) is 17.8 Å². The Hall–Kier alpha value is -1.59. The highest BCUT2D eigenvalue weighted by atomic mass is 16.6. The van der Waals surface area contributed by atoms with Crippen molar-refractivity contribution in [2.75, 3.05) is 6.54 Å². The number of aromatic nitrogens is 3. The molecule has 0 N–H and O–H groups in total. The van der Waals surface area contributed by atoms with Crippen molar-refractivity contribution in [3.8, 4) is 0 Å². The summed E-state index contributed by atoms with van der Waals surface area (Å²) in [4.78, 5) is 13.2. The Morgan fingerprint density at radius 3 is 3.07 bits per heavy atom. The number of hydrogen-bond acceptors (Lipinski definition) is 4. The SMILES string of the molecule is CC(C)OC(=O)N1CCn2cnnc2C1. The number of ether oxygens (including phenoxy) is 1. The maximum absolute atomic E-state index is 11.6. The summed E-state index contributed by atoms with van der Waals surface area (Å²) in [7, 11) is 0. The molecule has 15 heavy (non-hydrogen) atoms. The molecule has 2 heterocycles. The lowest BCUT2D eigenvalue weighted by molar-refractivity contribution is 0.0682. The van der Waals surface area contributed by atoms with E-state index >= 15 is 0 Å². The Kier molecular flexibility index (Phi) is 2.57. The molecule has 0 aliphatic carbocycles. The second kappa shape index (κ2) is 3.88. The predicted octanol–water partition coefficient (Wildman–Crippen LogP) is 0.639. The molecule has 1 amide bonds. The van der Waals surface area contributed by atoms with Gasteiger partial charge in [-0.05, 0) is 13.8 Å². The number of amides is 1. The number of carbonyl (C=O) groups excluding carboxylic acids is 1. The van der Waals surface area contributed by atoms with Crippen LogP contribution in [0.1, 0.15) is 19.7 Å². The molecule has 0 fully saturated rings. The van der Waals surface area contributed by atoms with Crippen LogP contribution in [0.2, 0.25) is 0 Å². The third-order valence-corrected chi connectivity index (χ3v) is 2.23. The van der Waals surface area contributed by atoms with Crippen molar-refractivity contribution in [3.63, 3.8) is 0 Å². The molecular weight excluding hydrogens is 196 g/mol. The minimum Gasteiger partial charge on any atom is -0.447 e. The topological polar surface area (TPSA) is 60.2 Å². The van der Waals surface area contributed by atoms with Crippen molar-refractivity contribution in [1.82, 2.24) is 19.7 Å². The fraction of sp³-hybridized carbons (Fsp3) is 0.667. The summed E-state index contributed by atoms with van der Waals surface area (Å²) in [5, 5.41) is 7.72. The normalized spacial score (nSPS) is 15.3. The van der Waals surface area contributed by atoms with Gasteiger partial charge in [0.05, 0.1) is 12.6 Å². The minimum atomic E-state index is -0.278. The van der Waals surface area contributed by atoms with E-state index in [1.165, 1.54) is 0 Å². The Morgan fingerprint density at radius 1 is 1.53 bits per heavy atom. The third kappa shape index (κ3) is 2.08. The molecule has 0 bridgehead atoms. The summed E-state index contributed by atoms with van der Waals surface area (Å²) >= 11 is 0. The largest absolute Gasteiger partial charge is 0.447 e. The van der Waals surface area contributed by atoms with Gasteiger partial charge in [0.25, 0.3) is 0 Å². The first-order valence-electron chi connectivity index (χ1n) is 4.99. The van der Waals surface area contributed by atoms with Crippen LogP contribution in [0.4, 0.5) is 4.79 Å². The molecular formula is C9H14N4O2. The molecule has 0 atom stereocenters. The molecule has 1 aromatic rings. The summed E-state index contributed by atoms with van der Waals surface area (Å²) in [5.41, 5.74) is 0. The molecule has 1 aromatic heterocycles. The van der Waals surface area contributed by atoms with Crippen LogP contribution in [0.5, 0.6) is 0 Å². The van der Waals surface area contributed by atoms with Crippen LogP contribution in [-0.4, -0.2) is 38.4 Å². The molecule has 1 aliphatic rings. The lowest BCUT2D eigenvalue weighted by Gasteiger charge is -2.27. The molecule has 6 nitrogen and oxygen atoms in total. The molecule has 1 aliphatic heterocycles. The number of hydrogen-bond donors (Lipinski definition) is 0. The van der Waals surface area contributed by atoms with Crippen molar-refractivity contribution in [2.24, 2.45) is 0 Å². The van der Waals surface area contributed by atoms with Gasteiger partial charge in [0.1, 0.15) is 6.33 Å². The van der Waals surface area contributed by atoms with E-state index in [0.717, 1.165) is 12.4 Å². The quantitative estimate of drug-likeness (QED) is 0.682. The lowest BCUT2D eigenvalue weighted by atomic mass is 10.4. The second-order valence-electron chi connectivity index (χ2n) is 3.79. The van der Waals surface area contributed by atoms with Crippen LogP contribution in [0.25, 0.3) is 0 Å². The van der Waals surface area contributed by atoms with Gasteiger partial charge in [0.2, 0.25) is 0 Å². The summed E-state index contributed by atoms with van der Waals surface area (Å²) in [5.74, 6) is 0.807. The number of carbonyl (C=O) groups is 1. The average Bonchev–Trinajstić information content (AvgIpc) is 2.62. The average molecular weight is 210 g/mol. The first-order valence-corrected chi connectivity index (χ1v) is 4.99. The monoisotopic (exact) mass is 210 g/mol. The molecule has 2 rings (SSSR count). The highest BCUT2D eigenvalue weighted by Crippen LogP contribution is 2.10. The summed E-state index contributed by atoms with van der Waals surface area (Å²) < 4.78 is 7.05. The molecule has 0 saturated carbocycles. The maximum Gasteiger partial charge on any atom is 0.410 e. The number of fused-ring (bicyclic) bond motifs is 1.